The summed E-state index contributed by atoms with van der Waals surface area (Å²) in [5.41, 5.74) is 5.76. The van der Waals surface area contributed by atoms with Gasteiger partial charge in [-0.25, -0.2) is 0 Å². The van der Waals surface area contributed by atoms with Crippen LogP contribution in [-0.4, -0.2) is 15.2 Å². The van der Waals surface area contributed by atoms with Crippen LogP contribution in [0.3, 0.4) is 0 Å². The van der Waals surface area contributed by atoms with Crippen molar-refractivity contribution in [2.24, 2.45) is 0 Å². The Kier molecular flexibility index (Phi) is 2.65. The maximum Gasteiger partial charge on any atom is 0.0650 e. The van der Waals surface area contributed by atoms with Gasteiger partial charge in [0, 0.05) is 24.2 Å². The van der Waals surface area contributed by atoms with Crippen molar-refractivity contribution in [2.75, 3.05) is 0 Å². The summed E-state index contributed by atoms with van der Waals surface area (Å²) in [4.78, 5) is 4.18. The van der Waals surface area contributed by atoms with Gasteiger partial charge in [-0.2, -0.15) is 5.10 Å². The van der Waals surface area contributed by atoms with Crippen molar-refractivity contribution in [3.63, 3.8) is 0 Å². The van der Waals surface area contributed by atoms with Gasteiger partial charge in [-0.3, -0.25) is 10.1 Å². The van der Waals surface area contributed by atoms with Gasteiger partial charge in [0.2, 0.25) is 0 Å². The third-order valence-electron chi connectivity index (χ3n) is 3.05. The molecule has 0 aliphatic carbocycles. The Bertz CT molecular complexity index is 640. The lowest BCUT2D eigenvalue weighted by Gasteiger charge is -2.05. The minimum Gasteiger partial charge on any atom is -0.278 e. The Balaban J connectivity index is 1.99. The fraction of sp³-hybridized carbons (Fsp3) is 0.0667. The van der Waals surface area contributed by atoms with Crippen LogP contribution in [0, 0.1) is 6.92 Å². The lowest BCUT2D eigenvalue weighted by atomic mass is 10.0. The molecule has 0 radical (unpaired) electrons. The molecule has 0 unspecified atom stereocenters. The van der Waals surface area contributed by atoms with Crippen LogP contribution < -0.4 is 0 Å². The van der Waals surface area contributed by atoms with Gasteiger partial charge in [-0.15, -0.1) is 0 Å². The van der Waals surface area contributed by atoms with Crippen LogP contribution in [0.2, 0.25) is 0 Å². The normalized spacial score (nSPS) is 10.5. The molecule has 3 rings (SSSR count). The second-order valence-corrected chi connectivity index (χ2v) is 4.24. The highest BCUT2D eigenvalue weighted by atomic mass is 15.1. The molecule has 2 heterocycles. The molecule has 3 heteroatoms. The topological polar surface area (TPSA) is 41.6 Å². The van der Waals surface area contributed by atoms with E-state index in [-0.39, 0.29) is 0 Å². The highest BCUT2D eigenvalue weighted by Crippen LogP contribution is 2.25. The molecule has 88 valence electrons. The highest BCUT2D eigenvalue weighted by Gasteiger charge is 2.03. The first kappa shape index (κ1) is 10.7. The SMILES string of the molecule is Cc1ccncc1-c1ccc(-c2ccn[nH]2)cc1. The molecule has 0 fully saturated rings. The van der Waals surface area contributed by atoms with Gasteiger partial charge in [0.05, 0.1) is 5.69 Å². The van der Waals surface area contributed by atoms with E-state index in [4.69, 9.17) is 0 Å². The molecule has 18 heavy (non-hydrogen) atoms. The largest absolute Gasteiger partial charge is 0.278 e. The second-order valence-electron chi connectivity index (χ2n) is 4.24. The van der Waals surface area contributed by atoms with E-state index in [1.807, 2.05) is 24.5 Å². The molecule has 0 spiro atoms. The number of rotatable bonds is 2. The average molecular weight is 235 g/mol. The van der Waals surface area contributed by atoms with Crippen LogP contribution in [0.5, 0.6) is 0 Å². The van der Waals surface area contributed by atoms with Gasteiger partial charge < -0.3 is 0 Å². The number of aryl methyl sites for hydroxylation is 1. The van der Waals surface area contributed by atoms with Crippen LogP contribution in [0.1, 0.15) is 5.56 Å². The van der Waals surface area contributed by atoms with Crippen molar-refractivity contribution in [3.05, 3.63) is 60.6 Å². The Labute approximate surface area is 106 Å². The third-order valence-corrected chi connectivity index (χ3v) is 3.05. The number of hydrogen-bond donors (Lipinski definition) is 1. The van der Waals surface area contributed by atoms with E-state index in [2.05, 4.69) is 46.4 Å². The zero-order valence-electron chi connectivity index (χ0n) is 10.1. The molecule has 1 N–H and O–H groups in total. The molecule has 0 saturated carbocycles. The van der Waals surface area contributed by atoms with Crippen molar-refractivity contribution in [2.45, 2.75) is 6.92 Å². The highest BCUT2D eigenvalue weighted by molar-refractivity contribution is 5.70. The number of aromatic nitrogens is 3. The number of hydrogen-bond acceptors (Lipinski definition) is 2. The summed E-state index contributed by atoms with van der Waals surface area (Å²) in [6.45, 7) is 2.10. The van der Waals surface area contributed by atoms with E-state index < -0.39 is 0 Å². The maximum atomic E-state index is 4.18. The number of nitrogens with zero attached hydrogens (tertiary/aromatic N) is 2. The molecule has 3 aromatic rings. The molecule has 2 aromatic heterocycles. The lowest BCUT2D eigenvalue weighted by Crippen LogP contribution is -1.85. The van der Waals surface area contributed by atoms with Crippen molar-refractivity contribution in [3.8, 4) is 22.4 Å². The van der Waals surface area contributed by atoms with Gasteiger partial charge in [-0.1, -0.05) is 24.3 Å². The van der Waals surface area contributed by atoms with E-state index in [0.717, 1.165) is 11.3 Å². The molecule has 0 aliphatic rings. The minimum atomic E-state index is 1.03. The Morgan fingerprint density at radius 3 is 2.33 bits per heavy atom. The van der Waals surface area contributed by atoms with Gasteiger partial charge in [0.1, 0.15) is 0 Å². The number of benzene rings is 1. The minimum absolute atomic E-state index is 1.03. The number of nitrogens with one attached hydrogen (secondary N) is 1. The number of H-pyrrole nitrogens is 1. The first-order valence-corrected chi connectivity index (χ1v) is 5.85. The number of pyridine rings is 1. The summed E-state index contributed by atoms with van der Waals surface area (Å²) in [7, 11) is 0. The summed E-state index contributed by atoms with van der Waals surface area (Å²) >= 11 is 0. The molecule has 0 saturated heterocycles. The molecular weight excluding hydrogens is 222 g/mol. The summed E-state index contributed by atoms with van der Waals surface area (Å²) in [5, 5.41) is 6.92. The molecular formula is C15H13N3. The predicted octanol–water partition coefficient (Wildman–Crippen LogP) is 3.45. The van der Waals surface area contributed by atoms with Crippen molar-refractivity contribution in [1.82, 2.24) is 15.2 Å². The standard InChI is InChI=1S/C15H13N3/c1-11-6-8-16-10-14(11)12-2-4-13(5-3-12)15-7-9-17-18-15/h2-10H,1H3,(H,17,18). The zero-order chi connectivity index (χ0) is 12.4. The summed E-state index contributed by atoms with van der Waals surface area (Å²) in [6, 6.07) is 12.4. The fourth-order valence-corrected chi connectivity index (χ4v) is 2.01. The summed E-state index contributed by atoms with van der Waals surface area (Å²) < 4.78 is 0. The quantitative estimate of drug-likeness (QED) is 0.739. The number of aromatic amines is 1. The van der Waals surface area contributed by atoms with E-state index in [0.29, 0.717) is 0 Å². The van der Waals surface area contributed by atoms with Crippen LogP contribution in [-0.2, 0) is 0 Å². The van der Waals surface area contributed by atoms with Crippen LogP contribution in [0.4, 0.5) is 0 Å². The van der Waals surface area contributed by atoms with E-state index >= 15 is 0 Å². The maximum absolute atomic E-state index is 4.18. The van der Waals surface area contributed by atoms with Gasteiger partial charge >= 0.3 is 0 Å². The zero-order valence-corrected chi connectivity index (χ0v) is 10.1. The molecule has 0 amide bonds. The Morgan fingerprint density at radius 2 is 1.67 bits per heavy atom. The van der Waals surface area contributed by atoms with Gasteiger partial charge in [0.25, 0.3) is 0 Å². The van der Waals surface area contributed by atoms with E-state index in [1.165, 1.54) is 16.7 Å². The van der Waals surface area contributed by atoms with Crippen LogP contribution in [0.15, 0.2) is 55.0 Å². The monoisotopic (exact) mass is 235 g/mol. The molecule has 0 atom stereocenters. The average Bonchev–Trinajstić information content (AvgIpc) is 2.94. The van der Waals surface area contributed by atoms with Gasteiger partial charge in [0.15, 0.2) is 0 Å². The molecule has 1 aromatic carbocycles. The Morgan fingerprint density at radius 1 is 0.889 bits per heavy atom. The van der Waals surface area contributed by atoms with Crippen LogP contribution >= 0.6 is 0 Å². The smallest absolute Gasteiger partial charge is 0.0650 e. The van der Waals surface area contributed by atoms with Crippen molar-refractivity contribution < 1.29 is 0 Å². The first-order chi connectivity index (χ1) is 8.84. The van der Waals surface area contributed by atoms with E-state index in [9.17, 15) is 0 Å². The predicted molar refractivity (Wildman–Crippen MR) is 72.0 cm³/mol. The molecule has 3 nitrogen and oxygen atoms in total. The third kappa shape index (κ3) is 1.91. The summed E-state index contributed by atoms with van der Waals surface area (Å²) in [5.74, 6) is 0. The van der Waals surface area contributed by atoms with Gasteiger partial charge in [-0.05, 0) is 35.7 Å². The molecule has 0 bridgehead atoms. The first-order valence-electron chi connectivity index (χ1n) is 5.85. The lowest BCUT2D eigenvalue weighted by molar-refractivity contribution is 1.10. The van der Waals surface area contributed by atoms with E-state index in [1.54, 1.807) is 6.20 Å². The summed E-state index contributed by atoms with van der Waals surface area (Å²) in [6.07, 6.45) is 5.48. The molecule has 0 aliphatic heterocycles. The fourth-order valence-electron chi connectivity index (χ4n) is 2.01. The second kappa shape index (κ2) is 4.45. The van der Waals surface area contributed by atoms with Crippen LogP contribution in [0.25, 0.3) is 22.4 Å². The van der Waals surface area contributed by atoms with Crippen molar-refractivity contribution >= 4 is 0 Å². The van der Waals surface area contributed by atoms with Crippen molar-refractivity contribution in [1.29, 1.82) is 0 Å². The Hall–Kier alpha value is -2.42.